The summed E-state index contributed by atoms with van der Waals surface area (Å²) in [5, 5.41) is 5.85. The molecule has 142 valence electrons. The highest BCUT2D eigenvalue weighted by Gasteiger charge is 2.51. The van der Waals surface area contributed by atoms with E-state index in [1.165, 1.54) is 6.92 Å². The van der Waals surface area contributed by atoms with Crippen molar-refractivity contribution in [1.82, 2.24) is 10.6 Å². The van der Waals surface area contributed by atoms with Gasteiger partial charge in [-0.05, 0) is 52.9 Å². The van der Waals surface area contributed by atoms with Crippen LogP contribution in [0.1, 0.15) is 60.3 Å². The van der Waals surface area contributed by atoms with Gasteiger partial charge in [-0.1, -0.05) is 6.08 Å². The lowest BCUT2D eigenvalue weighted by Gasteiger charge is -2.46. The zero-order valence-electron chi connectivity index (χ0n) is 16.1. The minimum atomic E-state index is -1.14. The molecule has 0 aromatic carbocycles. The van der Waals surface area contributed by atoms with E-state index < -0.39 is 11.1 Å². The van der Waals surface area contributed by atoms with Crippen LogP contribution >= 0.6 is 0 Å². The maximum atomic E-state index is 13.2. The van der Waals surface area contributed by atoms with Gasteiger partial charge < -0.3 is 15.4 Å². The summed E-state index contributed by atoms with van der Waals surface area (Å²) in [6.45, 7) is 12.9. The Bertz CT molecular complexity index is 524. The molecule has 3 unspecified atom stereocenters. The van der Waals surface area contributed by atoms with E-state index in [9.17, 15) is 14.4 Å². The molecule has 1 fully saturated rings. The van der Waals surface area contributed by atoms with Crippen LogP contribution in [-0.4, -0.2) is 35.5 Å². The molecule has 0 heterocycles. The van der Waals surface area contributed by atoms with Gasteiger partial charge in [0.1, 0.15) is 5.54 Å². The van der Waals surface area contributed by atoms with Gasteiger partial charge in [0.15, 0.2) is 0 Å². The summed E-state index contributed by atoms with van der Waals surface area (Å²) in [4.78, 5) is 37.1. The fraction of sp³-hybridized carbons (Fsp3) is 0.737. The Morgan fingerprint density at radius 2 is 1.92 bits per heavy atom. The van der Waals surface area contributed by atoms with E-state index in [2.05, 4.69) is 17.2 Å². The molecule has 6 heteroatoms. The van der Waals surface area contributed by atoms with E-state index in [-0.39, 0.29) is 36.0 Å². The number of ether oxygens (including phenoxy) is 1. The lowest BCUT2D eigenvalue weighted by Crippen LogP contribution is -2.67. The van der Waals surface area contributed by atoms with Gasteiger partial charge >= 0.3 is 5.97 Å². The van der Waals surface area contributed by atoms with Crippen LogP contribution in [0.5, 0.6) is 0 Å². The molecule has 1 saturated carbocycles. The highest BCUT2D eigenvalue weighted by atomic mass is 16.5. The normalized spacial score (nSPS) is 26.4. The average Bonchev–Trinajstić information content (AvgIpc) is 2.46. The summed E-state index contributed by atoms with van der Waals surface area (Å²) in [6, 6.07) is 0. The third kappa shape index (κ3) is 5.87. The van der Waals surface area contributed by atoms with E-state index in [1.807, 2.05) is 26.8 Å². The van der Waals surface area contributed by atoms with E-state index in [0.717, 1.165) is 6.42 Å². The maximum absolute atomic E-state index is 13.2. The number of amides is 2. The maximum Gasteiger partial charge on any atom is 0.306 e. The molecule has 0 radical (unpaired) electrons. The fourth-order valence-corrected chi connectivity index (χ4v) is 3.50. The number of rotatable bonds is 6. The second kappa shape index (κ2) is 8.50. The van der Waals surface area contributed by atoms with Crippen molar-refractivity contribution in [3.05, 3.63) is 12.7 Å². The number of hydrogen-bond acceptors (Lipinski definition) is 4. The third-order valence-corrected chi connectivity index (χ3v) is 4.51. The van der Waals surface area contributed by atoms with Crippen molar-refractivity contribution in [3.63, 3.8) is 0 Å². The molecule has 25 heavy (non-hydrogen) atoms. The summed E-state index contributed by atoms with van der Waals surface area (Å²) in [5.41, 5.74) is -1.58. The van der Waals surface area contributed by atoms with Crippen molar-refractivity contribution in [2.45, 2.75) is 71.4 Å². The molecule has 0 aliphatic heterocycles. The van der Waals surface area contributed by atoms with Gasteiger partial charge in [0.2, 0.25) is 11.8 Å². The molecule has 0 aromatic heterocycles. The average molecular weight is 352 g/mol. The van der Waals surface area contributed by atoms with Crippen molar-refractivity contribution >= 4 is 17.8 Å². The van der Waals surface area contributed by atoms with Crippen molar-refractivity contribution in [3.8, 4) is 0 Å². The second-order valence-corrected chi connectivity index (χ2v) is 7.84. The summed E-state index contributed by atoms with van der Waals surface area (Å²) in [7, 11) is 0. The summed E-state index contributed by atoms with van der Waals surface area (Å²) in [6.07, 6.45) is 3.84. The van der Waals surface area contributed by atoms with Crippen LogP contribution in [0, 0.1) is 11.8 Å². The monoisotopic (exact) mass is 352 g/mol. The smallest absolute Gasteiger partial charge is 0.306 e. The highest BCUT2D eigenvalue weighted by molar-refractivity contribution is 5.92. The predicted molar refractivity (Wildman–Crippen MR) is 96.7 cm³/mol. The molecular weight excluding hydrogens is 320 g/mol. The molecule has 0 aromatic rings. The minimum absolute atomic E-state index is 0.107. The predicted octanol–water partition coefficient (Wildman–Crippen LogP) is 2.33. The molecule has 0 bridgehead atoms. The van der Waals surface area contributed by atoms with Crippen LogP contribution in [-0.2, 0) is 19.1 Å². The van der Waals surface area contributed by atoms with Gasteiger partial charge in [0.05, 0.1) is 13.0 Å². The number of nitrogens with one attached hydrogen (secondary N) is 2. The zero-order chi connectivity index (χ0) is 19.3. The van der Waals surface area contributed by atoms with Crippen molar-refractivity contribution in [1.29, 1.82) is 0 Å². The van der Waals surface area contributed by atoms with Gasteiger partial charge in [-0.2, -0.15) is 0 Å². The van der Waals surface area contributed by atoms with Gasteiger partial charge in [-0.25, -0.2) is 0 Å². The summed E-state index contributed by atoms with van der Waals surface area (Å²) in [5.74, 6) is -1.09. The van der Waals surface area contributed by atoms with Crippen LogP contribution in [0.4, 0.5) is 0 Å². The Kier molecular flexibility index (Phi) is 7.20. The number of allylic oxidation sites excluding steroid dienone is 1. The first-order valence-corrected chi connectivity index (χ1v) is 8.93. The number of carbonyl (C=O) groups excluding carboxylic acids is 3. The Hall–Kier alpha value is -1.85. The summed E-state index contributed by atoms with van der Waals surface area (Å²) < 4.78 is 5.07. The molecular formula is C19H32N2O4. The molecule has 0 saturated heterocycles. The lowest BCUT2D eigenvalue weighted by atomic mass is 9.66. The molecule has 3 atom stereocenters. The molecule has 6 nitrogen and oxygen atoms in total. The first kappa shape index (κ1) is 21.2. The summed E-state index contributed by atoms with van der Waals surface area (Å²) >= 11 is 0. The topological polar surface area (TPSA) is 84.5 Å². The Labute approximate surface area is 150 Å². The van der Waals surface area contributed by atoms with Crippen molar-refractivity contribution in [2.24, 2.45) is 11.8 Å². The number of hydrogen-bond donors (Lipinski definition) is 2. The van der Waals surface area contributed by atoms with Crippen LogP contribution in [0.2, 0.25) is 0 Å². The van der Waals surface area contributed by atoms with Crippen LogP contribution < -0.4 is 10.6 Å². The molecule has 2 N–H and O–H groups in total. The fourth-order valence-electron chi connectivity index (χ4n) is 3.50. The SMILES string of the molecule is C=CC1CCC(CC(=O)OCC)C(NC(C)=O)(C(=O)NC(C)(C)C)C1. The second-order valence-electron chi connectivity index (χ2n) is 7.84. The van der Waals surface area contributed by atoms with E-state index >= 15 is 0 Å². The van der Waals surface area contributed by atoms with Crippen molar-refractivity contribution in [2.75, 3.05) is 6.61 Å². The molecule has 1 aliphatic carbocycles. The number of carbonyl (C=O) groups is 3. The van der Waals surface area contributed by atoms with Crippen LogP contribution in [0.25, 0.3) is 0 Å². The minimum Gasteiger partial charge on any atom is -0.466 e. The standard InChI is InChI=1S/C19H32N2O4/c1-7-14-9-10-15(11-16(23)25-8-2)19(12-14,20-13(3)22)17(24)21-18(4,5)6/h7,14-15H,1,8-12H2,2-6H3,(H,20,22)(H,21,24). The van der Waals surface area contributed by atoms with Crippen LogP contribution in [0.15, 0.2) is 12.7 Å². The first-order valence-electron chi connectivity index (χ1n) is 8.93. The van der Waals surface area contributed by atoms with Crippen molar-refractivity contribution < 1.29 is 19.1 Å². The first-order chi connectivity index (χ1) is 11.5. The molecule has 1 rings (SSSR count). The lowest BCUT2D eigenvalue weighted by molar-refractivity contribution is -0.148. The van der Waals surface area contributed by atoms with E-state index in [1.54, 1.807) is 6.92 Å². The van der Waals surface area contributed by atoms with Gasteiger partial charge in [0.25, 0.3) is 0 Å². The Morgan fingerprint density at radius 1 is 1.28 bits per heavy atom. The number of esters is 1. The van der Waals surface area contributed by atoms with Crippen LogP contribution in [0.3, 0.4) is 0 Å². The van der Waals surface area contributed by atoms with Gasteiger partial charge in [0, 0.05) is 18.4 Å². The highest BCUT2D eigenvalue weighted by Crippen LogP contribution is 2.40. The zero-order valence-corrected chi connectivity index (χ0v) is 16.1. The molecule has 2 amide bonds. The van der Waals surface area contributed by atoms with Gasteiger partial charge in [-0.3, -0.25) is 14.4 Å². The van der Waals surface area contributed by atoms with E-state index in [0.29, 0.717) is 19.4 Å². The Morgan fingerprint density at radius 3 is 2.40 bits per heavy atom. The quantitative estimate of drug-likeness (QED) is 0.567. The largest absolute Gasteiger partial charge is 0.466 e. The Balaban J connectivity index is 3.24. The third-order valence-electron chi connectivity index (χ3n) is 4.51. The van der Waals surface area contributed by atoms with E-state index in [4.69, 9.17) is 4.74 Å². The van der Waals surface area contributed by atoms with Gasteiger partial charge in [-0.15, -0.1) is 6.58 Å². The molecule has 0 spiro atoms. The molecule has 1 aliphatic rings.